The zero-order chi connectivity index (χ0) is 15.0. The van der Waals surface area contributed by atoms with Crippen LogP contribution in [-0.2, 0) is 0 Å². The molecule has 1 aliphatic rings. The van der Waals surface area contributed by atoms with E-state index in [-0.39, 0.29) is 17.8 Å². The molecule has 21 heavy (non-hydrogen) atoms. The average Bonchev–Trinajstić information content (AvgIpc) is 2.48. The maximum absolute atomic E-state index is 13.7. The normalized spacial score (nSPS) is 20.8. The van der Waals surface area contributed by atoms with Gasteiger partial charge in [0.1, 0.15) is 11.6 Å². The molecule has 0 spiro atoms. The van der Waals surface area contributed by atoms with Crippen LogP contribution < -0.4 is 4.90 Å². The van der Waals surface area contributed by atoms with Gasteiger partial charge in [-0.15, -0.1) is 0 Å². The highest BCUT2D eigenvalue weighted by Crippen LogP contribution is 2.27. The highest BCUT2D eigenvalue weighted by Gasteiger charge is 2.24. The number of anilines is 1. The Morgan fingerprint density at radius 1 is 1.43 bits per heavy atom. The molecule has 0 aliphatic carbocycles. The molecular formula is C16H18BrFN2O. The van der Waals surface area contributed by atoms with Crippen molar-refractivity contribution in [2.75, 3.05) is 18.0 Å². The van der Waals surface area contributed by atoms with Crippen molar-refractivity contribution >= 4 is 32.7 Å². The molecule has 1 saturated heterocycles. The van der Waals surface area contributed by atoms with E-state index in [1.165, 1.54) is 6.07 Å². The van der Waals surface area contributed by atoms with E-state index in [4.69, 9.17) is 0 Å². The topological polar surface area (TPSA) is 36.4 Å². The first-order valence-electron chi connectivity index (χ1n) is 7.23. The summed E-state index contributed by atoms with van der Waals surface area (Å²) in [5, 5.41) is 10.7. The molecule has 3 rings (SSSR count). The number of fused-ring (bicyclic) bond motifs is 1. The summed E-state index contributed by atoms with van der Waals surface area (Å²) in [6, 6.07) is 7.14. The number of nitrogens with zero attached hydrogens (tertiary/aromatic N) is 2. The number of benzene rings is 1. The number of hydrogen-bond donors (Lipinski definition) is 1. The third-order valence-corrected chi connectivity index (χ3v) is 4.79. The molecule has 1 aliphatic heterocycles. The standard InChI is InChI=1S/C16H18BrFN2O/c1-10(21)12-3-2-6-20(9-12)16-5-4-11-7-13(17)14(18)8-15(11)19-16/h4-5,7-8,10,12,21H,2-3,6,9H2,1H3. The van der Waals surface area contributed by atoms with E-state index in [0.29, 0.717) is 9.99 Å². The lowest BCUT2D eigenvalue weighted by Crippen LogP contribution is -2.39. The number of halogens is 2. The molecule has 2 heterocycles. The number of aromatic nitrogens is 1. The summed E-state index contributed by atoms with van der Waals surface area (Å²) in [4.78, 5) is 6.76. The van der Waals surface area contributed by atoms with Gasteiger partial charge in [0.05, 0.1) is 16.1 Å². The van der Waals surface area contributed by atoms with Crippen LogP contribution in [0, 0.1) is 11.7 Å². The molecular weight excluding hydrogens is 335 g/mol. The summed E-state index contributed by atoms with van der Waals surface area (Å²) in [6.45, 7) is 3.57. The van der Waals surface area contributed by atoms with Crippen molar-refractivity contribution in [1.29, 1.82) is 0 Å². The minimum Gasteiger partial charge on any atom is -0.393 e. The van der Waals surface area contributed by atoms with Crippen molar-refractivity contribution in [2.45, 2.75) is 25.9 Å². The largest absolute Gasteiger partial charge is 0.393 e. The van der Waals surface area contributed by atoms with Crippen LogP contribution in [0.25, 0.3) is 10.9 Å². The lowest BCUT2D eigenvalue weighted by atomic mass is 9.93. The first-order valence-corrected chi connectivity index (χ1v) is 8.03. The van der Waals surface area contributed by atoms with Crippen LogP contribution in [0.4, 0.5) is 10.2 Å². The predicted molar refractivity (Wildman–Crippen MR) is 86.0 cm³/mol. The van der Waals surface area contributed by atoms with Crippen molar-refractivity contribution in [3.63, 3.8) is 0 Å². The highest BCUT2D eigenvalue weighted by molar-refractivity contribution is 9.10. The number of aliphatic hydroxyl groups is 1. The third kappa shape index (κ3) is 3.04. The Labute approximate surface area is 131 Å². The van der Waals surface area contributed by atoms with E-state index >= 15 is 0 Å². The summed E-state index contributed by atoms with van der Waals surface area (Å²) in [6.07, 6.45) is 1.79. The first kappa shape index (κ1) is 14.7. The van der Waals surface area contributed by atoms with Crippen LogP contribution in [0.2, 0.25) is 0 Å². The predicted octanol–water partition coefficient (Wildman–Crippen LogP) is 3.73. The van der Waals surface area contributed by atoms with E-state index in [1.54, 1.807) is 6.07 Å². The Morgan fingerprint density at radius 3 is 3.00 bits per heavy atom. The minimum absolute atomic E-state index is 0.276. The molecule has 1 aromatic heterocycles. The fraction of sp³-hybridized carbons (Fsp3) is 0.438. The maximum atomic E-state index is 13.7. The third-order valence-electron chi connectivity index (χ3n) is 4.18. The fourth-order valence-corrected chi connectivity index (χ4v) is 3.26. The Bertz CT molecular complexity index is 662. The molecule has 2 aromatic rings. The first-order chi connectivity index (χ1) is 10.0. The van der Waals surface area contributed by atoms with Crippen LogP contribution in [0.1, 0.15) is 19.8 Å². The lowest BCUT2D eigenvalue weighted by Gasteiger charge is -2.35. The Balaban J connectivity index is 1.91. The summed E-state index contributed by atoms with van der Waals surface area (Å²) in [5.41, 5.74) is 0.660. The second-order valence-electron chi connectivity index (χ2n) is 5.72. The summed E-state index contributed by atoms with van der Waals surface area (Å²) >= 11 is 3.19. The Morgan fingerprint density at radius 2 is 2.24 bits per heavy atom. The van der Waals surface area contributed by atoms with Crippen LogP contribution in [0.15, 0.2) is 28.7 Å². The van der Waals surface area contributed by atoms with Gasteiger partial charge in [-0.05, 0) is 53.9 Å². The van der Waals surface area contributed by atoms with E-state index < -0.39 is 0 Å². The van der Waals surface area contributed by atoms with Gasteiger partial charge >= 0.3 is 0 Å². The molecule has 0 radical (unpaired) electrons. The van der Waals surface area contributed by atoms with Gasteiger partial charge in [-0.2, -0.15) is 0 Å². The summed E-state index contributed by atoms with van der Waals surface area (Å²) < 4.78 is 14.1. The summed E-state index contributed by atoms with van der Waals surface area (Å²) in [7, 11) is 0. The van der Waals surface area contributed by atoms with Crippen LogP contribution in [-0.4, -0.2) is 29.3 Å². The lowest BCUT2D eigenvalue weighted by molar-refractivity contribution is 0.115. The smallest absolute Gasteiger partial charge is 0.139 e. The molecule has 0 saturated carbocycles. The Kier molecular flexibility index (Phi) is 4.13. The van der Waals surface area contributed by atoms with Gasteiger partial charge < -0.3 is 10.0 Å². The Hall–Kier alpha value is -1.20. The van der Waals surface area contributed by atoms with E-state index in [0.717, 1.165) is 37.1 Å². The molecule has 5 heteroatoms. The van der Waals surface area contributed by atoms with Gasteiger partial charge in [-0.3, -0.25) is 0 Å². The number of hydrogen-bond acceptors (Lipinski definition) is 3. The molecule has 3 nitrogen and oxygen atoms in total. The van der Waals surface area contributed by atoms with Crippen molar-refractivity contribution in [1.82, 2.24) is 4.98 Å². The van der Waals surface area contributed by atoms with Crippen molar-refractivity contribution in [3.8, 4) is 0 Å². The minimum atomic E-state index is -0.304. The molecule has 0 amide bonds. The number of aliphatic hydroxyl groups excluding tert-OH is 1. The van der Waals surface area contributed by atoms with Crippen molar-refractivity contribution < 1.29 is 9.50 Å². The molecule has 1 aromatic carbocycles. The molecule has 1 N–H and O–H groups in total. The van der Waals surface area contributed by atoms with Crippen LogP contribution in [0.5, 0.6) is 0 Å². The van der Waals surface area contributed by atoms with Crippen molar-refractivity contribution in [3.05, 3.63) is 34.6 Å². The van der Waals surface area contributed by atoms with E-state index in [2.05, 4.69) is 25.8 Å². The quantitative estimate of drug-likeness (QED) is 0.894. The van der Waals surface area contributed by atoms with Gasteiger partial charge in [0.2, 0.25) is 0 Å². The maximum Gasteiger partial charge on any atom is 0.139 e. The van der Waals surface area contributed by atoms with Gasteiger partial charge in [-0.25, -0.2) is 9.37 Å². The molecule has 2 unspecified atom stereocenters. The van der Waals surface area contributed by atoms with Crippen molar-refractivity contribution in [2.24, 2.45) is 5.92 Å². The van der Waals surface area contributed by atoms with Gasteiger partial charge in [0.15, 0.2) is 0 Å². The highest BCUT2D eigenvalue weighted by atomic mass is 79.9. The van der Waals surface area contributed by atoms with E-state index in [1.807, 2.05) is 19.1 Å². The number of rotatable bonds is 2. The van der Waals surface area contributed by atoms with Crippen LogP contribution >= 0.6 is 15.9 Å². The SMILES string of the molecule is CC(O)C1CCCN(c2ccc3cc(Br)c(F)cc3n2)C1. The zero-order valence-corrected chi connectivity index (χ0v) is 13.5. The fourth-order valence-electron chi connectivity index (χ4n) is 2.89. The molecule has 112 valence electrons. The molecule has 0 bridgehead atoms. The molecule has 1 fully saturated rings. The molecule has 2 atom stereocenters. The second-order valence-corrected chi connectivity index (χ2v) is 6.57. The van der Waals surface area contributed by atoms with E-state index in [9.17, 15) is 9.50 Å². The number of pyridine rings is 1. The second kappa shape index (κ2) is 5.89. The van der Waals surface area contributed by atoms with Crippen LogP contribution in [0.3, 0.4) is 0 Å². The average molecular weight is 353 g/mol. The summed E-state index contributed by atoms with van der Waals surface area (Å²) in [5.74, 6) is 0.833. The zero-order valence-electron chi connectivity index (χ0n) is 11.9. The van der Waals surface area contributed by atoms with Gasteiger partial charge in [-0.1, -0.05) is 0 Å². The van der Waals surface area contributed by atoms with Gasteiger partial charge in [0.25, 0.3) is 0 Å². The van der Waals surface area contributed by atoms with Gasteiger partial charge in [0, 0.05) is 30.5 Å². The monoisotopic (exact) mass is 352 g/mol. The number of piperidine rings is 1.